The highest BCUT2D eigenvalue weighted by Crippen LogP contribution is 2.11. The average molecular weight is 312 g/mol. The van der Waals surface area contributed by atoms with Crippen molar-refractivity contribution in [1.82, 2.24) is 14.9 Å². The van der Waals surface area contributed by atoms with E-state index in [0.717, 1.165) is 5.56 Å². The van der Waals surface area contributed by atoms with Crippen LogP contribution in [0.5, 0.6) is 0 Å². The molecule has 0 radical (unpaired) electrons. The molecule has 6 nitrogen and oxygen atoms in total. The van der Waals surface area contributed by atoms with E-state index < -0.39 is 0 Å². The van der Waals surface area contributed by atoms with Gasteiger partial charge in [0.15, 0.2) is 0 Å². The molecular formula is C17H20N4O2. The number of hydrogen-bond acceptors (Lipinski definition) is 5. The smallest absolute Gasteiger partial charge is 0.272 e. The Kier molecular flexibility index (Phi) is 4.83. The lowest BCUT2D eigenvalue weighted by Gasteiger charge is -2.26. The molecule has 1 aliphatic heterocycles. The van der Waals surface area contributed by atoms with E-state index >= 15 is 0 Å². The van der Waals surface area contributed by atoms with Crippen molar-refractivity contribution in [3.8, 4) is 0 Å². The third-order valence-electron chi connectivity index (χ3n) is 3.78. The highest BCUT2D eigenvalue weighted by Gasteiger charge is 2.19. The van der Waals surface area contributed by atoms with Crippen molar-refractivity contribution in [2.24, 2.45) is 0 Å². The number of carbonyl (C=O) groups excluding carboxylic acids is 1. The predicted molar refractivity (Wildman–Crippen MR) is 87.3 cm³/mol. The molecule has 0 unspecified atom stereocenters. The van der Waals surface area contributed by atoms with E-state index in [4.69, 9.17) is 4.74 Å². The molecular weight excluding hydrogens is 292 g/mol. The van der Waals surface area contributed by atoms with Crippen molar-refractivity contribution in [3.05, 3.63) is 53.5 Å². The van der Waals surface area contributed by atoms with Crippen LogP contribution in [0.3, 0.4) is 0 Å². The van der Waals surface area contributed by atoms with Gasteiger partial charge in [-0.2, -0.15) is 0 Å². The number of rotatable bonds is 4. The summed E-state index contributed by atoms with van der Waals surface area (Å²) in [6, 6.07) is 9.99. The number of carbonyl (C=O) groups is 1. The van der Waals surface area contributed by atoms with Crippen LogP contribution in [0.15, 0.2) is 36.7 Å². The maximum Gasteiger partial charge on any atom is 0.272 e. The van der Waals surface area contributed by atoms with Gasteiger partial charge in [-0.15, -0.1) is 0 Å². The van der Waals surface area contributed by atoms with Gasteiger partial charge in [0.05, 0.1) is 13.2 Å². The van der Waals surface area contributed by atoms with Gasteiger partial charge in [-0.05, 0) is 12.5 Å². The van der Waals surface area contributed by atoms with Crippen LogP contribution < -0.4 is 5.32 Å². The van der Waals surface area contributed by atoms with Crippen LogP contribution in [0.25, 0.3) is 0 Å². The normalized spacial score (nSPS) is 14.6. The first kappa shape index (κ1) is 15.4. The monoisotopic (exact) mass is 312 g/mol. The standard InChI is InChI=1S/C17H20N4O2/c1-13-2-4-14(5-3-13)11-18-16-10-15(19-12-20-16)17(22)21-6-8-23-9-7-21/h2-5,10,12H,6-9,11H2,1H3,(H,18,19,20). The molecule has 1 N–H and O–H groups in total. The molecule has 1 amide bonds. The Hall–Kier alpha value is -2.47. The lowest BCUT2D eigenvalue weighted by atomic mass is 10.1. The molecule has 23 heavy (non-hydrogen) atoms. The Bertz CT molecular complexity index is 667. The van der Waals surface area contributed by atoms with Gasteiger partial charge in [0.2, 0.25) is 0 Å². The number of benzene rings is 1. The van der Waals surface area contributed by atoms with Crippen molar-refractivity contribution in [1.29, 1.82) is 0 Å². The Morgan fingerprint density at radius 2 is 1.96 bits per heavy atom. The quantitative estimate of drug-likeness (QED) is 0.933. The molecule has 120 valence electrons. The molecule has 0 aliphatic carbocycles. The van der Waals surface area contributed by atoms with Gasteiger partial charge in [0.1, 0.15) is 17.8 Å². The zero-order chi connectivity index (χ0) is 16.1. The summed E-state index contributed by atoms with van der Waals surface area (Å²) >= 11 is 0. The summed E-state index contributed by atoms with van der Waals surface area (Å²) in [6.07, 6.45) is 1.42. The highest BCUT2D eigenvalue weighted by molar-refractivity contribution is 5.92. The van der Waals surface area contributed by atoms with Gasteiger partial charge in [0.25, 0.3) is 5.91 Å². The first-order valence-corrected chi connectivity index (χ1v) is 7.71. The topological polar surface area (TPSA) is 67.4 Å². The molecule has 0 saturated carbocycles. The lowest BCUT2D eigenvalue weighted by Crippen LogP contribution is -2.41. The van der Waals surface area contributed by atoms with Gasteiger partial charge in [-0.1, -0.05) is 29.8 Å². The lowest BCUT2D eigenvalue weighted by molar-refractivity contribution is 0.0299. The number of amides is 1. The molecule has 3 rings (SSSR count). The summed E-state index contributed by atoms with van der Waals surface area (Å²) in [7, 11) is 0. The second-order valence-electron chi connectivity index (χ2n) is 5.53. The highest BCUT2D eigenvalue weighted by atomic mass is 16.5. The fourth-order valence-electron chi connectivity index (χ4n) is 2.40. The number of hydrogen-bond donors (Lipinski definition) is 1. The van der Waals surface area contributed by atoms with E-state index in [0.29, 0.717) is 44.4 Å². The van der Waals surface area contributed by atoms with Crippen molar-refractivity contribution < 1.29 is 9.53 Å². The molecule has 2 heterocycles. The van der Waals surface area contributed by atoms with E-state index in [1.54, 1.807) is 11.0 Å². The van der Waals surface area contributed by atoms with Crippen molar-refractivity contribution in [2.75, 3.05) is 31.6 Å². The number of aryl methyl sites for hydroxylation is 1. The third-order valence-corrected chi connectivity index (χ3v) is 3.78. The summed E-state index contributed by atoms with van der Waals surface area (Å²) in [5, 5.41) is 3.23. The van der Waals surface area contributed by atoms with Crippen LogP contribution in [-0.2, 0) is 11.3 Å². The maximum absolute atomic E-state index is 12.4. The first-order chi connectivity index (χ1) is 11.2. The van der Waals surface area contributed by atoms with Gasteiger partial charge in [0, 0.05) is 25.7 Å². The minimum Gasteiger partial charge on any atom is -0.378 e. The Morgan fingerprint density at radius 1 is 1.22 bits per heavy atom. The van der Waals surface area contributed by atoms with Crippen LogP contribution >= 0.6 is 0 Å². The summed E-state index contributed by atoms with van der Waals surface area (Å²) < 4.78 is 5.27. The molecule has 0 atom stereocenters. The SMILES string of the molecule is Cc1ccc(CNc2cc(C(=O)N3CCOCC3)ncn2)cc1. The summed E-state index contributed by atoms with van der Waals surface area (Å²) in [6.45, 7) is 5.09. The zero-order valence-corrected chi connectivity index (χ0v) is 13.2. The molecule has 1 fully saturated rings. The molecule has 1 aromatic carbocycles. The summed E-state index contributed by atoms with van der Waals surface area (Å²) in [4.78, 5) is 22.5. The predicted octanol–water partition coefficient (Wildman–Crippen LogP) is 1.87. The van der Waals surface area contributed by atoms with Crippen molar-refractivity contribution >= 4 is 11.7 Å². The fourth-order valence-corrected chi connectivity index (χ4v) is 2.40. The van der Waals surface area contributed by atoms with Crippen LogP contribution in [0.2, 0.25) is 0 Å². The number of nitrogens with zero attached hydrogens (tertiary/aromatic N) is 3. The summed E-state index contributed by atoms with van der Waals surface area (Å²) in [5.41, 5.74) is 2.80. The van der Waals surface area contributed by atoms with Crippen molar-refractivity contribution in [2.45, 2.75) is 13.5 Å². The van der Waals surface area contributed by atoms with Gasteiger partial charge < -0.3 is 15.0 Å². The number of morpholine rings is 1. The zero-order valence-electron chi connectivity index (χ0n) is 13.2. The number of ether oxygens (including phenoxy) is 1. The minimum atomic E-state index is -0.0749. The Balaban J connectivity index is 1.64. The fraction of sp³-hybridized carbons (Fsp3) is 0.353. The first-order valence-electron chi connectivity index (χ1n) is 7.71. The molecule has 1 aliphatic rings. The molecule has 1 saturated heterocycles. The maximum atomic E-state index is 12.4. The molecule has 2 aromatic rings. The van der Waals surface area contributed by atoms with E-state index in [1.165, 1.54) is 11.9 Å². The number of aromatic nitrogens is 2. The Labute approximate surface area is 135 Å². The van der Waals surface area contributed by atoms with E-state index in [2.05, 4.69) is 46.5 Å². The van der Waals surface area contributed by atoms with Crippen LogP contribution in [0, 0.1) is 6.92 Å². The van der Waals surface area contributed by atoms with E-state index in [1.807, 2.05) is 0 Å². The van der Waals surface area contributed by atoms with Crippen LogP contribution in [0.4, 0.5) is 5.82 Å². The van der Waals surface area contributed by atoms with Gasteiger partial charge in [-0.25, -0.2) is 9.97 Å². The molecule has 6 heteroatoms. The number of nitrogens with one attached hydrogen (secondary N) is 1. The van der Waals surface area contributed by atoms with Gasteiger partial charge >= 0.3 is 0 Å². The Morgan fingerprint density at radius 3 is 2.70 bits per heavy atom. The van der Waals surface area contributed by atoms with Crippen molar-refractivity contribution in [3.63, 3.8) is 0 Å². The van der Waals surface area contributed by atoms with E-state index in [-0.39, 0.29) is 5.91 Å². The molecule has 1 aromatic heterocycles. The van der Waals surface area contributed by atoms with E-state index in [9.17, 15) is 4.79 Å². The molecule has 0 bridgehead atoms. The third kappa shape index (κ3) is 4.04. The summed E-state index contributed by atoms with van der Waals surface area (Å²) in [5.74, 6) is 0.575. The number of anilines is 1. The largest absolute Gasteiger partial charge is 0.378 e. The second-order valence-corrected chi connectivity index (χ2v) is 5.53. The van der Waals surface area contributed by atoms with Gasteiger partial charge in [-0.3, -0.25) is 4.79 Å². The molecule has 0 spiro atoms. The average Bonchev–Trinajstić information content (AvgIpc) is 2.61. The minimum absolute atomic E-state index is 0.0749. The van der Waals surface area contributed by atoms with Crippen LogP contribution in [0.1, 0.15) is 21.6 Å². The second kappa shape index (κ2) is 7.19. The van der Waals surface area contributed by atoms with Crippen LogP contribution in [-0.4, -0.2) is 47.1 Å².